The highest BCUT2D eigenvalue weighted by Gasteiger charge is 2.02. The lowest BCUT2D eigenvalue weighted by Gasteiger charge is -2.09. The number of halogens is 2. The molecule has 0 spiro atoms. The molecule has 1 aromatic carbocycles. The highest BCUT2D eigenvalue weighted by molar-refractivity contribution is 9.10. The van der Waals surface area contributed by atoms with E-state index in [1.807, 2.05) is 12.1 Å². The number of ether oxygens (including phenoxy) is 1. The monoisotopic (exact) mass is 346 g/mol. The second-order valence-corrected chi connectivity index (χ2v) is 5.13. The molecule has 0 aromatic heterocycles. The highest BCUT2D eigenvalue weighted by Crippen LogP contribution is 2.26. The second kappa shape index (κ2) is 7.13. The minimum atomic E-state index is 0.760. The first kappa shape index (κ1) is 13.8. The third-order valence-corrected chi connectivity index (χ3v) is 3.42. The average Bonchev–Trinajstić information content (AvgIpc) is 2.28. The van der Waals surface area contributed by atoms with Crippen molar-refractivity contribution >= 4 is 37.9 Å². The first-order chi connectivity index (χ1) is 7.67. The van der Waals surface area contributed by atoms with Crippen LogP contribution in [0.3, 0.4) is 0 Å². The molecule has 0 saturated carbocycles. The number of rotatable bonds is 5. The van der Waals surface area contributed by atoms with Crippen LogP contribution in [0.25, 0.3) is 6.08 Å². The van der Waals surface area contributed by atoms with E-state index in [2.05, 4.69) is 57.8 Å². The van der Waals surface area contributed by atoms with Crippen molar-refractivity contribution in [2.75, 3.05) is 11.9 Å². The number of hydrogen-bond acceptors (Lipinski definition) is 1. The summed E-state index contributed by atoms with van der Waals surface area (Å²) in [7, 11) is 0. The molecule has 0 saturated heterocycles. The molecule has 0 aliphatic heterocycles. The zero-order chi connectivity index (χ0) is 12.0. The molecule has 0 atom stereocenters. The highest BCUT2D eigenvalue weighted by atomic mass is 79.9. The number of allylic oxidation sites excluding steroid dienone is 1. The van der Waals surface area contributed by atoms with Gasteiger partial charge in [0.25, 0.3) is 0 Å². The van der Waals surface area contributed by atoms with Gasteiger partial charge in [-0.25, -0.2) is 0 Å². The van der Waals surface area contributed by atoms with Crippen molar-refractivity contribution < 1.29 is 4.74 Å². The molecule has 0 fully saturated rings. The molecule has 1 aromatic rings. The van der Waals surface area contributed by atoms with Gasteiger partial charge in [0, 0.05) is 15.4 Å². The Bertz CT molecular complexity index is 372. The molecule has 0 unspecified atom stereocenters. The molecule has 0 bridgehead atoms. The van der Waals surface area contributed by atoms with E-state index in [9.17, 15) is 0 Å². The zero-order valence-corrected chi connectivity index (χ0v) is 12.8. The number of alkyl halides is 1. The molecule has 3 heteroatoms. The van der Waals surface area contributed by atoms with Crippen LogP contribution in [0.5, 0.6) is 5.75 Å². The van der Waals surface area contributed by atoms with Crippen LogP contribution < -0.4 is 4.74 Å². The molecular weight excluding hydrogens is 332 g/mol. The maximum absolute atomic E-state index is 5.71. The minimum Gasteiger partial charge on any atom is -0.493 e. The summed E-state index contributed by atoms with van der Waals surface area (Å²) in [4.78, 5) is 0. The van der Waals surface area contributed by atoms with E-state index in [-0.39, 0.29) is 0 Å². The smallest absolute Gasteiger partial charge is 0.126 e. The normalized spacial score (nSPS) is 11.6. The standard InChI is InChI=1S/C13H16Br2O/c1-3-6-16-13-5-4-12(15)8-11(13)7-10(2)9-14/h4-5,7-8H,3,6,9H2,1-2H3. The lowest BCUT2D eigenvalue weighted by Crippen LogP contribution is -1.97. The Labute approximate surface area is 114 Å². The van der Waals surface area contributed by atoms with Gasteiger partial charge in [-0.15, -0.1) is 0 Å². The van der Waals surface area contributed by atoms with Gasteiger partial charge in [0.1, 0.15) is 5.75 Å². The molecular formula is C13H16Br2O. The van der Waals surface area contributed by atoms with E-state index >= 15 is 0 Å². The van der Waals surface area contributed by atoms with E-state index in [1.165, 1.54) is 5.57 Å². The first-order valence-corrected chi connectivity index (χ1v) is 7.24. The lowest BCUT2D eigenvalue weighted by atomic mass is 10.1. The average molecular weight is 348 g/mol. The second-order valence-electron chi connectivity index (χ2n) is 3.65. The van der Waals surface area contributed by atoms with Crippen molar-refractivity contribution in [2.45, 2.75) is 20.3 Å². The Morgan fingerprint density at radius 3 is 2.81 bits per heavy atom. The molecule has 16 heavy (non-hydrogen) atoms. The van der Waals surface area contributed by atoms with E-state index in [0.29, 0.717) is 0 Å². The molecule has 0 heterocycles. The minimum absolute atomic E-state index is 0.760. The van der Waals surface area contributed by atoms with Crippen LogP contribution in [0.4, 0.5) is 0 Å². The van der Waals surface area contributed by atoms with Gasteiger partial charge < -0.3 is 4.74 Å². The summed E-state index contributed by atoms with van der Waals surface area (Å²) in [5.74, 6) is 0.949. The fourth-order valence-corrected chi connectivity index (χ4v) is 1.82. The third-order valence-electron chi connectivity index (χ3n) is 2.05. The predicted molar refractivity (Wildman–Crippen MR) is 77.4 cm³/mol. The third kappa shape index (κ3) is 4.30. The summed E-state index contributed by atoms with van der Waals surface area (Å²) in [5, 5.41) is 0.882. The van der Waals surface area contributed by atoms with Crippen LogP contribution in [-0.4, -0.2) is 11.9 Å². The molecule has 0 radical (unpaired) electrons. The summed E-state index contributed by atoms with van der Waals surface area (Å²) < 4.78 is 6.78. The van der Waals surface area contributed by atoms with Crippen LogP contribution in [0, 0.1) is 0 Å². The van der Waals surface area contributed by atoms with Crippen LogP contribution in [0.2, 0.25) is 0 Å². The van der Waals surface area contributed by atoms with Crippen molar-refractivity contribution in [3.63, 3.8) is 0 Å². The summed E-state index contributed by atoms with van der Waals surface area (Å²) in [5.41, 5.74) is 2.40. The van der Waals surface area contributed by atoms with Gasteiger partial charge in [-0.2, -0.15) is 0 Å². The van der Waals surface area contributed by atoms with Crippen molar-refractivity contribution in [1.29, 1.82) is 0 Å². The van der Waals surface area contributed by atoms with Gasteiger partial charge in [-0.3, -0.25) is 0 Å². The van der Waals surface area contributed by atoms with Gasteiger partial charge in [0.2, 0.25) is 0 Å². The Hall–Kier alpha value is -0.280. The Morgan fingerprint density at radius 2 is 2.19 bits per heavy atom. The molecule has 0 aliphatic carbocycles. The summed E-state index contributed by atoms with van der Waals surface area (Å²) in [6.07, 6.45) is 3.17. The van der Waals surface area contributed by atoms with E-state index in [4.69, 9.17) is 4.74 Å². The number of hydrogen-bond donors (Lipinski definition) is 0. The van der Waals surface area contributed by atoms with Crippen LogP contribution in [-0.2, 0) is 0 Å². The van der Waals surface area contributed by atoms with Gasteiger partial charge in [0.15, 0.2) is 0 Å². The Kier molecular flexibility index (Phi) is 6.14. The lowest BCUT2D eigenvalue weighted by molar-refractivity contribution is 0.316. The zero-order valence-electron chi connectivity index (χ0n) is 9.59. The van der Waals surface area contributed by atoms with Gasteiger partial charge in [-0.1, -0.05) is 50.4 Å². The maximum atomic E-state index is 5.71. The molecule has 0 aliphatic rings. The van der Waals surface area contributed by atoms with Gasteiger partial charge in [-0.05, 0) is 31.5 Å². The van der Waals surface area contributed by atoms with E-state index < -0.39 is 0 Å². The largest absolute Gasteiger partial charge is 0.493 e. The molecule has 88 valence electrons. The Morgan fingerprint density at radius 1 is 1.44 bits per heavy atom. The first-order valence-electron chi connectivity index (χ1n) is 5.33. The van der Waals surface area contributed by atoms with Crippen LogP contribution >= 0.6 is 31.9 Å². The molecule has 0 N–H and O–H groups in total. The van der Waals surface area contributed by atoms with Crippen molar-refractivity contribution in [2.24, 2.45) is 0 Å². The molecule has 1 nitrogen and oxygen atoms in total. The van der Waals surface area contributed by atoms with Crippen LogP contribution in [0.15, 0.2) is 28.2 Å². The van der Waals surface area contributed by atoms with Crippen molar-refractivity contribution in [1.82, 2.24) is 0 Å². The summed E-state index contributed by atoms with van der Waals surface area (Å²) in [6.45, 7) is 4.97. The van der Waals surface area contributed by atoms with Crippen molar-refractivity contribution in [3.8, 4) is 5.75 Å². The summed E-state index contributed by atoms with van der Waals surface area (Å²) in [6, 6.07) is 6.09. The fourth-order valence-electron chi connectivity index (χ4n) is 1.28. The number of benzene rings is 1. The Balaban J connectivity index is 2.98. The topological polar surface area (TPSA) is 9.23 Å². The SMILES string of the molecule is CCCOc1ccc(Br)cc1C=C(C)CBr. The molecule has 1 rings (SSSR count). The summed E-state index contributed by atoms with van der Waals surface area (Å²) >= 11 is 6.93. The molecule has 0 amide bonds. The van der Waals surface area contributed by atoms with E-state index in [0.717, 1.165) is 34.1 Å². The fraction of sp³-hybridized carbons (Fsp3) is 0.385. The predicted octanol–water partition coefficient (Wildman–Crippen LogP) is 5.04. The van der Waals surface area contributed by atoms with Crippen LogP contribution in [0.1, 0.15) is 25.8 Å². The van der Waals surface area contributed by atoms with Gasteiger partial charge >= 0.3 is 0 Å². The van der Waals surface area contributed by atoms with Gasteiger partial charge in [0.05, 0.1) is 6.61 Å². The van der Waals surface area contributed by atoms with E-state index in [1.54, 1.807) is 0 Å². The quantitative estimate of drug-likeness (QED) is 0.678. The maximum Gasteiger partial charge on any atom is 0.126 e. The van der Waals surface area contributed by atoms with Crippen molar-refractivity contribution in [3.05, 3.63) is 33.8 Å².